The summed E-state index contributed by atoms with van der Waals surface area (Å²) >= 11 is 0. The van der Waals surface area contributed by atoms with Gasteiger partial charge in [-0.2, -0.15) is 0 Å². The lowest BCUT2D eigenvalue weighted by atomic mass is 10.3. The maximum Gasteiger partial charge on any atom is 0.332 e. The number of pyridine rings is 1. The Balaban J connectivity index is 3.16. The van der Waals surface area contributed by atoms with E-state index in [1.807, 2.05) is 0 Å². The second-order valence-corrected chi connectivity index (χ2v) is 3.49. The lowest BCUT2D eigenvalue weighted by molar-refractivity contribution is 0.637. The van der Waals surface area contributed by atoms with E-state index in [-0.39, 0.29) is 11.2 Å². The number of nitrogens with zero attached hydrogens (tertiary/aromatic N) is 3. The number of hydrogen-bond acceptors (Lipinski definition) is 4. The maximum absolute atomic E-state index is 12.0. The number of anilines is 1. The molecule has 84 valence electrons. The summed E-state index contributed by atoms with van der Waals surface area (Å²) in [6.07, 6.45) is 1.48. The van der Waals surface area contributed by atoms with Crippen LogP contribution in [0.1, 0.15) is 6.92 Å². The van der Waals surface area contributed by atoms with Gasteiger partial charge in [0.05, 0.1) is 0 Å². The van der Waals surface area contributed by atoms with Crippen LogP contribution in [0.25, 0.3) is 11.0 Å². The first-order chi connectivity index (χ1) is 7.57. The predicted octanol–water partition coefficient (Wildman–Crippen LogP) is -0.303. The molecule has 0 unspecified atom stereocenters. The van der Waals surface area contributed by atoms with Gasteiger partial charge in [0.15, 0.2) is 5.65 Å². The predicted molar refractivity (Wildman–Crippen MR) is 61.3 cm³/mol. The Morgan fingerprint density at radius 2 is 2.12 bits per heavy atom. The Hall–Kier alpha value is -2.11. The van der Waals surface area contributed by atoms with Gasteiger partial charge in [0.2, 0.25) is 0 Å². The third-order valence-corrected chi connectivity index (χ3v) is 2.57. The molecule has 0 bridgehead atoms. The van der Waals surface area contributed by atoms with Gasteiger partial charge in [0, 0.05) is 25.5 Å². The zero-order valence-corrected chi connectivity index (χ0v) is 9.10. The van der Waals surface area contributed by atoms with E-state index in [0.29, 0.717) is 23.3 Å². The number of fused-ring (bicyclic) bond motifs is 1. The Morgan fingerprint density at radius 1 is 1.44 bits per heavy atom. The number of aryl methyl sites for hydroxylation is 1. The highest BCUT2D eigenvalue weighted by Crippen LogP contribution is 2.11. The lowest BCUT2D eigenvalue weighted by Gasteiger charge is -2.08. The number of rotatable bonds is 1. The summed E-state index contributed by atoms with van der Waals surface area (Å²) in [4.78, 5) is 27.8. The van der Waals surface area contributed by atoms with Crippen molar-refractivity contribution in [3.63, 3.8) is 0 Å². The first-order valence-electron chi connectivity index (χ1n) is 4.92. The van der Waals surface area contributed by atoms with Crippen molar-refractivity contribution < 1.29 is 0 Å². The van der Waals surface area contributed by atoms with Crippen molar-refractivity contribution in [3.05, 3.63) is 33.1 Å². The number of aromatic nitrogens is 3. The molecule has 0 aromatic carbocycles. The summed E-state index contributed by atoms with van der Waals surface area (Å²) < 4.78 is 2.47. The van der Waals surface area contributed by atoms with Crippen LogP contribution in [-0.2, 0) is 13.6 Å². The van der Waals surface area contributed by atoms with Crippen LogP contribution in [0.5, 0.6) is 0 Å². The van der Waals surface area contributed by atoms with E-state index in [1.54, 1.807) is 20.0 Å². The molecule has 2 heterocycles. The van der Waals surface area contributed by atoms with Crippen LogP contribution in [0, 0.1) is 0 Å². The van der Waals surface area contributed by atoms with Gasteiger partial charge in [-0.05, 0) is 13.0 Å². The molecule has 0 radical (unpaired) electrons. The monoisotopic (exact) mass is 220 g/mol. The standard InChI is InChI=1S/C10H12N4O2/c1-3-14-9(15)7-6(11)4-5-12-8(7)13(2)10(14)16/h4-5H,3H2,1-2H3,(H2,11,12). The zero-order chi connectivity index (χ0) is 11.9. The second-order valence-electron chi connectivity index (χ2n) is 3.49. The summed E-state index contributed by atoms with van der Waals surface area (Å²) in [5, 5.41) is 0.298. The van der Waals surface area contributed by atoms with Crippen LogP contribution in [0.2, 0.25) is 0 Å². The highest BCUT2D eigenvalue weighted by atomic mass is 16.2. The molecule has 0 saturated carbocycles. The molecule has 0 aliphatic heterocycles. The summed E-state index contributed by atoms with van der Waals surface area (Å²) in [7, 11) is 1.57. The molecule has 0 amide bonds. The van der Waals surface area contributed by atoms with E-state index in [4.69, 9.17) is 5.73 Å². The normalized spacial score (nSPS) is 10.9. The van der Waals surface area contributed by atoms with Gasteiger partial charge in [-0.1, -0.05) is 0 Å². The van der Waals surface area contributed by atoms with Crippen LogP contribution in [0.3, 0.4) is 0 Å². The van der Waals surface area contributed by atoms with E-state index < -0.39 is 0 Å². The molecular formula is C10H12N4O2. The fourth-order valence-corrected chi connectivity index (χ4v) is 1.71. The highest BCUT2D eigenvalue weighted by Gasteiger charge is 2.12. The number of nitrogens with two attached hydrogens (primary N) is 1. The van der Waals surface area contributed by atoms with Gasteiger partial charge < -0.3 is 5.73 Å². The molecule has 2 rings (SSSR count). The third kappa shape index (κ3) is 1.23. The van der Waals surface area contributed by atoms with Crippen molar-refractivity contribution in [2.45, 2.75) is 13.5 Å². The Labute approximate surface area is 90.9 Å². The van der Waals surface area contributed by atoms with Crippen LogP contribution in [-0.4, -0.2) is 14.1 Å². The van der Waals surface area contributed by atoms with Crippen molar-refractivity contribution in [3.8, 4) is 0 Å². The summed E-state index contributed by atoms with van der Waals surface area (Å²) in [6.45, 7) is 2.05. The molecule has 6 heteroatoms. The molecule has 0 saturated heterocycles. The minimum Gasteiger partial charge on any atom is -0.398 e. The van der Waals surface area contributed by atoms with Gasteiger partial charge in [-0.25, -0.2) is 9.78 Å². The molecule has 0 spiro atoms. The van der Waals surface area contributed by atoms with E-state index in [0.717, 1.165) is 4.57 Å². The van der Waals surface area contributed by atoms with Crippen molar-refractivity contribution in [2.75, 3.05) is 5.73 Å². The average molecular weight is 220 g/mol. The van der Waals surface area contributed by atoms with E-state index in [2.05, 4.69) is 4.98 Å². The highest BCUT2D eigenvalue weighted by molar-refractivity contribution is 5.86. The van der Waals surface area contributed by atoms with Crippen molar-refractivity contribution in [1.29, 1.82) is 0 Å². The molecule has 2 aromatic rings. The van der Waals surface area contributed by atoms with Crippen molar-refractivity contribution in [2.24, 2.45) is 7.05 Å². The summed E-state index contributed by atoms with van der Waals surface area (Å²) in [5.74, 6) is 0. The van der Waals surface area contributed by atoms with E-state index in [1.165, 1.54) is 10.8 Å². The van der Waals surface area contributed by atoms with Crippen LogP contribution >= 0.6 is 0 Å². The van der Waals surface area contributed by atoms with Crippen molar-refractivity contribution >= 4 is 16.7 Å². The Bertz CT molecular complexity index is 669. The number of nitrogen functional groups attached to an aromatic ring is 1. The topological polar surface area (TPSA) is 82.9 Å². The summed E-state index contributed by atoms with van der Waals surface area (Å²) in [5.41, 5.74) is 5.63. The molecular weight excluding hydrogens is 208 g/mol. The SMILES string of the molecule is CCn1c(=O)c2c(N)ccnc2n(C)c1=O. The van der Waals surface area contributed by atoms with Crippen LogP contribution in [0.4, 0.5) is 5.69 Å². The molecule has 16 heavy (non-hydrogen) atoms. The van der Waals surface area contributed by atoms with Crippen LogP contribution in [0.15, 0.2) is 21.9 Å². The van der Waals surface area contributed by atoms with Crippen molar-refractivity contribution in [1.82, 2.24) is 14.1 Å². The molecule has 0 fully saturated rings. The molecule has 0 atom stereocenters. The average Bonchev–Trinajstić information content (AvgIpc) is 2.26. The zero-order valence-electron chi connectivity index (χ0n) is 9.10. The number of hydrogen-bond donors (Lipinski definition) is 1. The molecule has 0 aliphatic rings. The van der Waals surface area contributed by atoms with E-state index >= 15 is 0 Å². The molecule has 2 aromatic heterocycles. The fraction of sp³-hybridized carbons (Fsp3) is 0.300. The summed E-state index contributed by atoms with van der Waals surface area (Å²) in [6, 6.07) is 1.55. The largest absolute Gasteiger partial charge is 0.398 e. The Morgan fingerprint density at radius 3 is 2.75 bits per heavy atom. The quantitative estimate of drug-likeness (QED) is 0.715. The van der Waals surface area contributed by atoms with Gasteiger partial charge in [-0.3, -0.25) is 13.9 Å². The van der Waals surface area contributed by atoms with E-state index in [9.17, 15) is 9.59 Å². The lowest BCUT2D eigenvalue weighted by Crippen LogP contribution is -2.39. The minimum absolute atomic E-state index is 0.298. The first-order valence-corrected chi connectivity index (χ1v) is 4.92. The fourth-order valence-electron chi connectivity index (χ4n) is 1.71. The third-order valence-electron chi connectivity index (χ3n) is 2.57. The smallest absolute Gasteiger partial charge is 0.332 e. The minimum atomic E-state index is -0.383. The Kier molecular flexibility index (Phi) is 2.26. The van der Waals surface area contributed by atoms with Gasteiger partial charge in [0.1, 0.15) is 5.39 Å². The maximum atomic E-state index is 12.0. The molecule has 0 aliphatic carbocycles. The molecule has 2 N–H and O–H groups in total. The van der Waals surface area contributed by atoms with Gasteiger partial charge >= 0.3 is 5.69 Å². The first kappa shape index (κ1) is 10.4. The van der Waals surface area contributed by atoms with Gasteiger partial charge in [-0.15, -0.1) is 0 Å². The van der Waals surface area contributed by atoms with Crippen LogP contribution < -0.4 is 17.0 Å². The second kappa shape index (κ2) is 3.48. The molecule has 6 nitrogen and oxygen atoms in total. The van der Waals surface area contributed by atoms with Gasteiger partial charge in [0.25, 0.3) is 5.56 Å².